The second kappa shape index (κ2) is 10.6. The highest BCUT2D eigenvalue weighted by Crippen LogP contribution is 2.29. The molecule has 9 heteroatoms. The van der Waals surface area contributed by atoms with Crippen molar-refractivity contribution in [2.24, 2.45) is 5.10 Å². The van der Waals surface area contributed by atoms with Crippen molar-refractivity contribution >= 4 is 39.4 Å². The number of para-hydroxylation sites is 1. The number of furan rings is 1. The first kappa shape index (κ1) is 24.3. The maximum Gasteiger partial charge on any atom is 0.273 e. The summed E-state index contributed by atoms with van der Waals surface area (Å²) in [6.45, 7) is 1.87. The van der Waals surface area contributed by atoms with Gasteiger partial charge in [-0.25, -0.2) is 13.8 Å². The van der Waals surface area contributed by atoms with Gasteiger partial charge in [0.1, 0.15) is 5.76 Å². The molecule has 35 heavy (non-hydrogen) atoms. The lowest BCUT2D eigenvalue weighted by Gasteiger charge is -2.26. The summed E-state index contributed by atoms with van der Waals surface area (Å²) in [6.07, 6.45) is 2.85. The maximum atomic E-state index is 13.8. The minimum absolute atomic E-state index is 0.00661. The van der Waals surface area contributed by atoms with E-state index < -0.39 is 15.9 Å². The SMILES string of the molecule is Cc1ccc(S(=O)(=O)N(Cc2ccc(Cl)cc2)c2ccccc2C(=O)N/N=C/c2ccco2)cc1. The molecular weight excluding hydrogens is 486 g/mol. The Bertz CT molecular complexity index is 1430. The van der Waals surface area contributed by atoms with E-state index in [1.165, 1.54) is 16.8 Å². The van der Waals surface area contributed by atoms with Crippen LogP contribution in [0.1, 0.15) is 27.2 Å². The summed E-state index contributed by atoms with van der Waals surface area (Å²) in [5.74, 6) is -0.103. The normalized spacial score (nSPS) is 11.5. The highest BCUT2D eigenvalue weighted by atomic mass is 35.5. The van der Waals surface area contributed by atoms with Gasteiger partial charge in [-0.1, -0.05) is 53.6 Å². The van der Waals surface area contributed by atoms with E-state index in [0.717, 1.165) is 5.56 Å². The molecule has 1 N–H and O–H groups in total. The van der Waals surface area contributed by atoms with Gasteiger partial charge < -0.3 is 4.42 Å². The lowest BCUT2D eigenvalue weighted by Crippen LogP contribution is -2.33. The number of carbonyl (C=O) groups excluding carboxylic acids is 1. The molecule has 0 saturated carbocycles. The first-order chi connectivity index (χ1) is 16.8. The van der Waals surface area contributed by atoms with Crippen LogP contribution in [0.2, 0.25) is 5.02 Å². The fourth-order valence-corrected chi connectivity index (χ4v) is 4.95. The summed E-state index contributed by atoms with van der Waals surface area (Å²) in [6, 6.07) is 23.3. The summed E-state index contributed by atoms with van der Waals surface area (Å²) in [7, 11) is -4.02. The van der Waals surface area contributed by atoms with Crippen molar-refractivity contribution in [2.45, 2.75) is 18.4 Å². The molecule has 1 amide bonds. The number of aryl methyl sites for hydroxylation is 1. The molecule has 0 fully saturated rings. The molecule has 1 heterocycles. The van der Waals surface area contributed by atoms with E-state index in [2.05, 4.69) is 10.5 Å². The summed E-state index contributed by atoms with van der Waals surface area (Å²) >= 11 is 6.01. The number of benzene rings is 3. The zero-order chi connectivity index (χ0) is 24.8. The lowest BCUT2D eigenvalue weighted by atomic mass is 10.1. The standard InChI is InChI=1S/C26H22ClN3O4S/c1-19-8-14-23(15-9-19)35(32,33)30(18-20-10-12-21(27)13-11-20)25-7-3-2-6-24(25)26(31)29-28-17-22-5-4-16-34-22/h2-17H,18H2,1H3,(H,29,31)/b28-17+. The van der Waals surface area contributed by atoms with Crippen LogP contribution in [-0.4, -0.2) is 20.5 Å². The fourth-order valence-electron chi connectivity index (χ4n) is 3.36. The molecule has 4 rings (SSSR count). The van der Waals surface area contributed by atoms with Crippen molar-refractivity contribution in [2.75, 3.05) is 4.31 Å². The Morgan fingerprint density at radius 3 is 2.40 bits per heavy atom. The van der Waals surface area contributed by atoms with Crippen LogP contribution in [0.5, 0.6) is 0 Å². The van der Waals surface area contributed by atoms with Crippen LogP contribution < -0.4 is 9.73 Å². The zero-order valence-corrected chi connectivity index (χ0v) is 20.3. The van der Waals surface area contributed by atoms with E-state index in [4.69, 9.17) is 16.0 Å². The molecule has 0 aliphatic rings. The Hall–Kier alpha value is -3.88. The number of halogens is 1. The van der Waals surface area contributed by atoms with Gasteiger partial charge in [-0.05, 0) is 61.0 Å². The number of rotatable bonds is 8. The minimum atomic E-state index is -4.02. The molecule has 0 aliphatic heterocycles. The summed E-state index contributed by atoms with van der Waals surface area (Å²) < 4.78 is 33.9. The minimum Gasteiger partial charge on any atom is -0.463 e. The number of nitrogens with one attached hydrogen (secondary N) is 1. The number of hydrogen-bond acceptors (Lipinski definition) is 5. The van der Waals surface area contributed by atoms with E-state index in [-0.39, 0.29) is 22.7 Å². The van der Waals surface area contributed by atoms with Crippen LogP contribution in [0, 0.1) is 6.92 Å². The van der Waals surface area contributed by atoms with Crippen LogP contribution in [0.25, 0.3) is 0 Å². The van der Waals surface area contributed by atoms with Gasteiger partial charge >= 0.3 is 0 Å². The maximum absolute atomic E-state index is 13.8. The third-order valence-corrected chi connectivity index (χ3v) is 7.19. The van der Waals surface area contributed by atoms with Crippen LogP contribution in [0.3, 0.4) is 0 Å². The number of amides is 1. The molecule has 7 nitrogen and oxygen atoms in total. The van der Waals surface area contributed by atoms with Crippen LogP contribution in [0.4, 0.5) is 5.69 Å². The number of carbonyl (C=O) groups is 1. The highest BCUT2D eigenvalue weighted by molar-refractivity contribution is 7.92. The van der Waals surface area contributed by atoms with Crippen molar-refractivity contribution in [3.63, 3.8) is 0 Å². The highest BCUT2D eigenvalue weighted by Gasteiger charge is 2.28. The Labute approximate surface area is 208 Å². The van der Waals surface area contributed by atoms with Crippen molar-refractivity contribution in [3.8, 4) is 0 Å². The molecule has 0 atom stereocenters. The van der Waals surface area contributed by atoms with Gasteiger partial charge in [-0.15, -0.1) is 0 Å². The second-order valence-electron chi connectivity index (χ2n) is 7.68. The summed E-state index contributed by atoms with van der Waals surface area (Å²) in [4.78, 5) is 13.1. The van der Waals surface area contributed by atoms with E-state index in [0.29, 0.717) is 16.3 Å². The zero-order valence-electron chi connectivity index (χ0n) is 18.8. The molecule has 0 bridgehead atoms. The van der Waals surface area contributed by atoms with Gasteiger partial charge in [0.05, 0.1) is 35.2 Å². The number of anilines is 1. The molecule has 3 aromatic carbocycles. The molecule has 178 valence electrons. The Morgan fingerprint density at radius 1 is 1.00 bits per heavy atom. The van der Waals surface area contributed by atoms with E-state index in [9.17, 15) is 13.2 Å². The monoisotopic (exact) mass is 507 g/mol. The van der Waals surface area contributed by atoms with Crippen molar-refractivity contribution in [1.82, 2.24) is 5.43 Å². The average molecular weight is 508 g/mol. The second-order valence-corrected chi connectivity index (χ2v) is 9.98. The van der Waals surface area contributed by atoms with Crippen LogP contribution in [-0.2, 0) is 16.6 Å². The lowest BCUT2D eigenvalue weighted by molar-refractivity contribution is 0.0955. The molecule has 4 aromatic rings. The molecule has 0 aliphatic carbocycles. The van der Waals surface area contributed by atoms with Crippen molar-refractivity contribution < 1.29 is 17.6 Å². The largest absolute Gasteiger partial charge is 0.463 e. The van der Waals surface area contributed by atoms with E-state index in [1.54, 1.807) is 84.9 Å². The predicted molar refractivity (Wildman–Crippen MR) is 136 cm³/mol. The predicted octanol–water partition coefficient (Wildman–Crippen LogP) is 5.40. The van der Waals surface area contributed by atoms with Gasteiger partial charge in [0.15, 0.2) is 0 Å². The van der Waals surface area contributed by atoms with Crippen LogP contribution >= 0.6 is 11.6 Å². The number of hydrazone groups is 1. The van der Waals surface area contributed by atoms with Gasteiger partial charge in [-0.3, -0.25) is 9.10 Å². The number of hydrogen-bond donors (Lipinski definition) is 1. The number of sulfonamides is 1. The van der Waals surface area contributed by atoms with Crippen molar-refractivity contribution in [1.29, 1.82) is 0 Å². The van der Waals surface area contributed by atoms with E-state index in [1.807, 2.05) is 6.92 Å². The van der Waals surface area contributed by atoms with Crippen molar-refractivity contribution in [3.05, 3.63) is 119 Å². The van der Waals surface area contributed by atoms with Gasteiger partial charge in [0, 0.05) is 5.02 Å². The third-order valence-electron chi connectivity index (χ3n) is 5.17. The smallest absolute Gasteiger partial charge is 0.273 e. The van der Waals surface area contributed by atoms with Gasteiger partial charge in [0.25, 0.3) is 15.9 Å². The molecule has 0 radical (unpaired) electrons. The molecule has 0 saturated heterocycles. The van der Waals surface area contributed by atoms with Crippen LogP contribution in [0.15, 0.2) is 106 Å². The Balaban J connectivity index is 1.73. The summed E-state index contributed by atoms with van der Waals surface area (Å²) in [5, 5.41) is 4.45. The fraction of sp³-hybridized carbons (Fsp3) is 0.0769. The number of nitrogens with zero attached hydrogens (tertiary/aromatic N) is 2. The summed E-state index contributed by atoms with van der Waals surface area (Å²) in [5.41, 5.74) is 4.44. The van der Waals surface area contributed by atoms with Gasteiger partial charge in [0.2, 0.25) is 0 Å². The molecule has 0 spiro atoms. The van der Waals surface area contributed by atoms with E-state index >= 15 is 0 Å². The quantitative estimate of drug-likeness (QED) is 0.255. The molecular formula is C26H22ClN3O4S. The molecule has 1 aromatic heterocycles. The Kier molecular flexibility index (Phi) is 7.33. The average Bonchev–Trinajstić information content (AvgIpc) is 3.37. The Morgan fingerprint density at radius 2 is 1.71 bits per heavy atom. The molecule has 0 unspecified atom stereocenters. The first-order valence-electron chi connectivity index (χ1n) is 10.6. The first-order valence-corrected chi connectivity index (χ1v) is 12.5. The van der Waals surface area contributed by atoms with Gasteiger partial charge in [-0.2, -0.15) is 5.10 Å². The third kappa shape index (κ3) is 5.79. The topological polar surface area (TPSA) is 92.0 Å².